The first-order valence-corrected chi connectivity index (χ1v) is 8.35. The first kappa shape index (κ1) is 17.4. The molecule has 1 aromatic carbocycles. The van der Waals surface area contributed by atoms with Crippen molar-refractivity contribution >= 4 is 16.8 Å². The van der Waals surface area contributed by atoms with E-state index in [9.17, 15) is 4.79 Å². The van der Waals surface area contributed by atoms with E-state index in [0.29, 0.717) is 23.8 Å². The molecule has 1 unspecified atom stereocenters. The minimum Gasteiger partial charge on any atom is -0.493 e. The fourth-order valence-corrected chi connectivity index (χ4v) is 3.23. The maximum atomic E-state index is 12.3. The van der Waals surface area contributed by atoms with Crippen molar-refractivity contribution < 1.29 is 23.7 Å². The number of carbonyl (C=O) groups is 1. The molecule has 2 N–H and O–H groups in total. The summed E-state index contributed by atoms with van der Waals surface area (Å²) in [6.07, 6.45) is 4.25. The van der Waals surface area contributed by atoms with E-state index in [4.69, 9.17) is 18.9 Å². The highest BCUT2D eigenvalue weighted by Gasteiger charge is 2.21. The summed E-state index contributed by atoms with van der Waals surface area (Å²) < 4.78 is 21.9. The first-order valence-electron chi connectivity index (χ1n) is 8.35. The number of carbonyl (C=O) groups excluding carboxylic acids is 1. The predicted molar refractivity (Wildman–Crippen MR) is 93.6 cm³/mol. The Labute approximate surface area is 146 Å². The lowest BCUT2D eigenvalue weighted by Crippen LogP contribution is -2.32. The zero-order chi connectivity index (χ0) is 17.8. The zero-order valence-electron chi connectivity index (χ0n) is 14.8. The van der Waals surface area contributed by atoms with Crippen molar-refractivity contribution in [2.75, 3.05) is 34.5 Å². The Bertz CT molecular complexity index is 749. The molecule has 0 radical (unpaired) electrons. The monoisotopic (exact) mass is 348 g/mol. The Kier molecular flexibility index (Phi) is 5.33. The molecule has 1 aliphatic heterocycles. The number of aromatic amines is 1. The fourth-order valence-electron chi connectivity index (χ4n) is 3.23. The molecule has 3 rings (SSSR count). The number of rotatable bonds is 7. The van der Waals surface area contributed by atoms with Crippen LogP contribution in [0.2, 0.25) is 0 Å². The molecule has 0 saturated carbocycles. The number of hydrogen-bond donors (Lipinski definition) is 2. The van der Waals surface area contributed by atoms with Crippen molar-refractivity contribution in [3.63, 3.8) is 0 Å². The molecule has 1 aromatic heterocycles. The molecular formula is C18H24N2O5. The number of ether oxygens (including phenoxy) is 4. The number of amides is 1. The van der Waals surface area contributed by atoms with Crippen molar-refractivity contribution in [2.45, 2.75) is 25.4 Å². The van der Waals surface area contributed by atoms with Crippen LogP contribution in [0.4, 0.5) is 0 Å². The maximum Gasteiger partial charge on any atom is 0.224 e. The number of aromatic nitrogens is 1. The second-order valence-electron chi connectivity index (χ2n) is 6.00. The normalized spacial score (nSPS) is 16.8. The summed E-state index contributed by atoms with van der Waals surface area (Å²) in [7, 11) is 4.71. The molecule has 1 atom stereocenters. The van der Waals surface area contributed by atoms with Gasteiger partial charge in [-0.2, -0.15) is 0 Å². The number of fused-ring (bicyclic) bond motifs is 1. The predicted octanol–water partition coefficient (Wildman–Crippen LogP) is 2.03. The Hall–Kier alpha value is -2.41. The van der Waals surface area contributed by atoms with Gasteiger partial charge in [-0.3, -0.25) is 4.79 Å². The summed E-state index contributed by atoms with van der Waals surface area (Å²) in [5.41, 5.74) is 1.68. The van der Waals surface area contributed by atoms with Gasteiger partial charge < -0.3 is 29.2 Å². The Morgan fingerprint density at radius 2 is 2.08 bits per heavy atom. The highest BCUT2D eigenvalue weighted by Crippen LogP contribution is 2.44. The molecule has 1 fully saturated rings. The zero-order valence-corrected chi connectivity index (χ0v) is 14.8. The minimum atomic E-state index is -0.0479. The Morgan fingerprint density at radius 1 is 1.28 bits per heavy atom. The van der Waals surface area contributed by atoms with Gasteiger partial charge in [0.1, 0.15) is 0 Å². The summed E-state index contributed by atoms with van der Waals surface area (Å²) in [5, 5.41) is 3.77. The van der Waals surface area contributed by atoms with Crippen LogP contribution in [0.3, 0.4) is 0 Å². The minimum absolute atomic E-state index is 0.0479. The van der Waals surface area contributed by atoms with Crippen LogP contribution in [0.5, 0.6) is 17.2 Å². The van der Waals surface area contributed by atoms with Gasteiger partial charge in [0.05, 0.1) is 39.4 Å². The third-order valence-corrected chi connectivity index (χ3v) is 4.45. The van der Waals surface area contributed by atoms with E-state index in [1.165, 1.54) is 0 Å². The number of methoxy groups -OCH3 is 3. The van der Waals surface area contributed by atoms with E-state index in [0.717, 1.165) is 35.9 Å². The van der Waals surface area contributed by atoms with Crippen LogP contribution in [0, 0.1) is 0 Å². The highest BCUT2D eigenvalue weighted by atomic mass is 16.5. The summed E-state index contributed by atoms with van der Waals surface area (Å²) in [6.45, 7) is 1.33. The van der Waals surface area contributed by atoms with Crippen LogP contribution in [0.15, 0.2) is 12.3 Å². The SMILES string of the molecule is COc1cc2[nH]cc(CC(=O)NCC3CCCO3)c2c(OC)c1OC. The molecule has 2 aromatic rings. The van der Waals surface area contributed by atoms with Crippen LogP contribution >= 0.6 is 0 Å². The van der Waals surface area contributed by atoms with Gasteiger partial charge >= 0.3 is 0 Å². The van der Waals surface area contributed by atoms with E-state index < -0.39 is 0 Å². The number of hydrogen-bond acceptors (Lipinski definition) is 5. The van der Waals surface area contributed by atoms with Crippen LogP contribution < -0.4 is 19.5 Å². The van der Waals surface area contributed by atoms with Crippen molar-refractivity contribution in [3.8, 4) is 17.2 Å². The van der Waals surface area contributed by atoms with E-state index >= 15 is 0 Å². The standard InChI is InChI=1S/C18H24N2O5/c1-22-14-8-13-16(18(24-3)17(14)23-2)11(9-19-13)7-15(21)20-10-12-5-4-6-25-12/h8-9,12,19H,4-7,10H2,1-3H3,(H,20,21). The molecule has 0 bridgehead atoms. The maximum absolute atomic E-state index is 12.3. The first-order chi connectivity index (χ1) is 12.2. The quantitative estimate of drug-likeness (QED) is 0.800. The van der Waals surface area contributed by atoms with Crippen LogP contribution in [-0.4, -0.2) is 51.5 Å². The largest absolute Gasteiger partial charge is 0.493 e. The summed E-state index contributed by atoms with van der Waals surface area (Å²) in [4.78, 5) is 15.5. The van der Waals surface area contributed by atoms with E-state index in [1.54, 1.807) is 21.3 Å². The molecule has 1 saturated heterocycles. The lowest BCUT2D eigenvalue weighted by atomic mass is 10.1. The van der Waals surface area contributed by atoms with Gasteiger partial charge in [0.25, 0.3) is 0 Å². The molecule has 25 heavy (non-hydrogen) atoms. The van der Waals surface area contributed by atoms with Crippen LogP contribution in [0.25, 0.3) is 10.9 Å². The molecule has 1 amide bonds. The summed E-state index contributed by atoms with van der Waals surface area (Å²) in [5.74, 6) is 1.59. The van der Waals surface area contributed by atoms with Crippen molar-refractivity contribution in [2.24, 2.45) is 0 Å². The third kappa shape index (κ3) is 3.51. The smallest absolute Gasteiger partial charge is 0.224 e. The number of nitrogens with one attached hydrogen (secondary N) is 2. The van der Waals surface area contributed by atoms with Gasteiger partial charge in [-0.15, -0.1) is 0 Å². The molecule has 7 heteroatoms. The summed E-state index contributed by atoms with van der Waals surface area (Å²) in [6, 6.07) is 1.84. The van der Waals surface area contributed by atoms with Crippen LogP contribution in [0.1, 0.15) is 18.4 Å². The van der Waals surface area contributed by atoms with Gasteiger partial charge in [0, 0.05) is 30.8 Å². The van der Waals surface area contributed by atoms with E-state index in [1.807, 2.05) is 12.3 Å². The van der Waals surface area contributed by atoms with Gasteiger partial charge in [0.15, 0.2) is 11.5 Å². The van der Waals surface area contributed by atoms with Crippen molar-refractivity contribution in [3.05, 3.63) is 17.8 Å². The highest BCUT2D eigenvalue weighted by molar-refractivity contribution is 5.96. The second-order valence-corrected chi connectivity index (χ2v) is 6.00. The third-order valence-electron chi connectivity index (χ3n) is 4.45. The lowest BCUT2D eigenvalue weighted by Gasteiger charge is -2.14. The molecular weight excluding hydrogens is 324 g/mol. The molecule has 1 aliphatic rings. The molecule has 2 heterocycles. The van der Waals surface area contributed by atoms with Gasteiger partial charge in [-0.05, 0) is 18.4 Å². The molecule has 136 valence electrons. The number of benzene rings is 1. The number of H-pyrrole nitrogens is 1. The van der Waals surface area contributed by atoms with E-state index in [2.05, 4.69) is 10.3 Å². The van der Waals surface area contributed by atoms with Gasteiger partial charge in [0.2, 0.25) is 11.7 Å². The fraction of sp³-hybridized carbons (Fsp3) is 0.500. The Balaban J connectivity index is 1.82. The summed E-state index contributed by atoms with van der Waals surface area (Å²) >= 11 is 0. The van der Waals surface area contributed by atoms with Gasteiger partial charge in [-0.1, -0.05) is 0 Å². The average molecular weight is 348 g/mol. The lowest BCUT2D eigenvalue weighted by molar-refractivity contribution is -0.120. The molecule has 7 nitrogen and oxygen atoms in total. The van der Waals surface area contributed by atoms with Crippen molar-refractivity contribution in [1.29, 1.82) is 0 Å². The topological polar surface area (TPSA) is 81.8 Å². The molecule has 0 spiro atoms. The van der Waals surface area contributed by atoms with E-state index in [-0.39, 0.29) is 18.4 Å². The van der Waals surface area contributed by atoms with Crippen molar-refractivity contribution in [1.82, 2.24) is 10.3 Å². The van der Waals surface area contributed by atoms with Crippen LogP contribution in [-0.2, 0) is 16.0 Å². The average Bonchev–Trinajstić information content (AvgIpc) is 3.28. The van der Waals surface area contributed by atoms with Gasteiger partial charge in [-0.25, -0.2) is 0 Å². The Morgan fingerprint density at radius 3 is 2.72 bits per heavy atom. The second kappa shape index (κ2) is 7.65. The molecule has 0 aliphatic carbocycles.